The van der Waals surface area contributed by atoms with E-state index in [9.17, 15) is 0 Å². The lowest BCUT2D eigenvalue weighted by atomic mass is 10.0. The Balaban J connectivity index is 2.55. The van der Waals surface area contributed by atoms with Gasteiger partial charge in [0, 0.05) is 17.1 Å². The van der Waals surface area contributed by atoms with Crippen molar-refractivity contribution in [2.45, 2.75) is 26.3 Å². The normalized spacial score (nSPS) is 13.3. The van der Waals surface area contributed by atoms with Crippen molar-refractivity contribution in [3.63, 3.8) is 0 Å². The Morgan fingerprint density at radius 3 is 2.50 bits per heavy atom. The van der Waals surface area contributed by atoms with Crippen LogP contribution in [0.3, 0.4) is 0 Å². The zero-order valence-corrected chi connectivity index (χ0v) is 13.5. The number of halogens is 1. The molecule has 2 nitrogen and oxygen atoms in total. The highest BCUT2D eigenvalue weighted by atomic mass is 79.9. The van der Waals surface area contributed by atoms with Crippen molar-refractivity contribution >= 4 is 15.9 Å². The number of nitrogens with zero attached hydrogens (tertiary/aromatic N) is 1. The molecule has 0 amide bonds. The smallest absolute Gasteiger partial charge is 0.0340 e. The highest BCUT2D eigenvalue weighted by Crippen LogP contribution is 2.25. The third kappa shape index (κ3) is 5.09. The lowest BCUT2D eigenvalue weighted by Gasteiger charge is -2.23. The summed E-state index contributed by atoms with van der Waals surface area (Å²) in [5.74, 6) is 0.728. The van der Waals surface area contributed by atoms with Crippen molar-refractivity contribution in [1.82, 2.24) is 10.2 Å². The van der Waals surface area contributed by atoms with E-state index in [1.807, 2.05) is 7.05 Å². The molecule has 0 aromatic heterocycles. The van der Waals surface area contributed by atoms with Gasteiger partial charge in [0.25, 0.3) is 0 Å². The Morgan fingerprint density at radius 2 is 1.94 bits per heavy atom. The largest absolute Gasteiger partial charge is 0.313 e. The molecule has 0 aliphatic heterocycles. The van der Waals surface area contributed by atoms with Crippen molar-refractivity contribution in [2.75, 3.05) is 27.2 Å². The van der Waals surface area contributed by atoms with E-state index >= 15 is 0 Å². The first-order chi connectivity index (χ1) is 8.54. The van der Waals surface area contributed by atoms with Crippen LogP contribution in [0.4, 0.5) is 0 Å². The highest BCUT2D eigenvalue weighted by molar-refractivity contribution is 9.10. The van der Waals surface area contributed by atoms with Gasteiger partial charge in [-0.3, -0.25) is 0 Å². The lowest BCUT2D eigenvalue weighted by Crippen LogP contribution is -2.28. The topological polar surface area (TPSA) is 15.3 Å². The van der Waals surface area contributed by atoms with Crippen molar-refractivity contribution < 1.29 is 0 Å². The minimum Gasteiger partial charge on any atom is -0.313 e. The Kier molecular flexibility index (Phi) is 6.90. The van der Waals surface area contributed by atoms with Crippen LogP contribution in [0.1, 0.15) is 31.9 Å². The maximum atomic E-state index is 3.63. The molecule has 1 aromatic carbocycles. The Hall–Kier alpha value is -0.380. The molecule has 0 fully saturated rings. The van der Waals surface area contributed by atoms with Gasteiger partial charge in [-0.2, -0.15) is 0 Å². The molecular weight excluding hydrogens is 288 g/mol. The van der Waals surface area contributed by atoms with Crippen LogP contribution in [0.2, 0.25) is 0 Å². The van der Waals surface area contributed by atoms with Crippen LogP contribution in [-0.2, 0) is 0 Å². The molecule has 0 aliphatic rings. The summed E-state index contributed by atoms with van der Waals surface area (Å²) < 4.78 is 1.19. The highest BCUT2D eigenvalue weighted by Gasteiger charge is 2.13. The van der Waals surface area contributed by atoms with Gasteiger partial charge in [0.05, 0.1) is 0 Å². The summed E-state index contributed by atoms with van der Waals surface area (Å²) in [7, 11) is 4.24. The number of hydrogen-bond acceptors (Lipinski definition) is 2. The summed E-state index contributed by atoms with van der Waals surface area (Å²) >= 11 is 3.63. The number of nitrogens with one attached hydrogen (secondary N) is 1. The molecule has 0 saturated heterocycles. The molecule has 102 valence electrons. The molecule has 1 atom stereocenters. The van der Waals surface area contributed by atoms with Crippen LogP contribution in [0.5, 0.6) is 0 Å². The third-order valence-electron chi connectivity index (χ3n) is 3.11. The van der Waals surface area contributed by atoms with Gasteiger partial charge >= 0.3 is 0 Å². The third-order valence-corrected chi connectivity index (χ3v) is 3.83. The first kappa shape index (κ1) is 15.7. The molecule has 1 unspecified atom stereocenters. The van der Waals surface area contributed by atoms with E-state index in [1.165, 1.54) is 10.0 Å². The predicted molar refractivity (Wildman–Crippen MR) is 82.9 cm³/mol. The fraction of sp³-hybridized carbons (Fsp3) is 0.600. The molecular formula is C15H25BrN2. The van der Waals surface area contributed by atoms with E-state index in [0.717, 1.165) is 25.4 Å². The number of benzene rings is 1. The van der Waals surface area contributed by atoms with Gasteiger partial charge in [-0.15, -0.1) is 0 Å². The summed E-state index contributed by atoms with van der Waals surface area (Å²) in [5.41, 5.74) is 1.35. The average Bonchev–Trinajstić information content (AvgIpc) is 2.31. The van der Waals surface area contributed by atoms with E-state index in [0.29, 0.717) is 6.04 Å². The second-order valence-corrected chi connectivity index (χ2v) is 6.16. The Bertz CT molecular complexity index is 352. The standard InChI is InChI=1S/C15H25BrN2/c1-12(2)11-18(4)10-9-15(17-3)13-7-5-6-8-14(13)16/h5-8,12,15,17H,9-11H2,1-4H3. The Morgan fingerprint density at radius 1 is 1.28 bits per heavy atom. The second kappa shape index (κ2) is 7.93. The summed E-state index contributed by atoms with van der Waals surface area (Å²) in [6.45, 7) is 6.80. The molecule has 3 heteroatoms. The Labute approximate surface area is 120 Å². The quantitative estimate of drug-likeness (QED) is 0.826. The fourth-order valence-electron chi connectivity index (χ4n) is 2.28. The van der Waals surface area contributed by atoms with Gasteiger partial charge in [-0.1, -0.05) is 48.0 Å². The first-order valence-corrected chi connectivity index (χ1v) is 7.44. The molecule has 0 spiro atoms. The van der Waals surface area contributed by atoms with E-state index < -0.39 is 0 Å². The molecule has 1 aromatic rings. The van der Waals surface area contributed by atoms with Crippen molar-refractivity contribution in [3.05, 3.63) is 34.3 Å². The van der Waals surface area contributed by atoms with Crippen LogP contribution >= 0.6 is 15.9 Å². The van der Waals surface area contributed by atoms with Crippen molar-refractivity contribution in [2.24, 2.45) is 5.92 Å². The molecule has 0 saturated carbocycles. The molecule has 0 heterocycles. The maximum absolute atomic E-state index is 3.63. The van der Waals surface area contributed by atoms with Gasteiger partial charge in [0.15, 0.2) is 0 Å². The van der Waals surface area contributed by atoms with E-state index in [1.54, 1.807) is 0 Å². The monoisotopic (exact) mass is 312 g/mol. The lowest BCUT2D eigenvalue weighted by molar-refractivity contribution is 0.279. The summed E-state index contributed by atoms with van der Waals surface area (Å²) in [6, 6.07) is 8.87. The summed E-state index contributed by atoms with van der Waals surface area (Å²) in [5, 5.41) is 3.41. The SMILES string of the molecule is CNC(CCN(C)CC(C)C)c1ccccc1Br. The average molecular weight is 313 g/mol. The van der Waals surface area contributed by atoms with E-state index in [2.05, 4.69) is 71.3 Å². The first-order valence-electron chi connectivity index (χ1n) is 6.64. The number of hydrogen-bond donors (Lipinski definition) is 1. The molecule has 0 radical (unpaired) electrons. The zero-order chi connectivity index (χ0) is 13.5. The minimum atomic E-state index is 0.412. The van der Waals surface area contributed by atoms with Crippen LogP contribution < -0.4 is 5.32 Å². The van der Waals surface area contributed by atoms with Gasteiger partial charge in [0.2, 0.25) is 0 Å². The van der Waals surface area contributed by atoms with Crippen LogP contribution in [0, 0.1) is 5.92 Å². The summed E-state index contributed by atoms with van der Waals surface area (Å²) in [6.07, 6.45) is 1.13. The molecule has 18 heavy (non-hydrogen) atoms. The molecule has 1 N–H and O–H groups in total. The summed E-state index contributed by atoms with van der Waals surface area (Å²) in [4.78, 5) is 2.41. The molecule has 1 rings (SSSR count). The zero-order valence-electron chi connectivity index (χ0n) is 11.9. The molecule has 0 aliphatic carbocycles. The second-order valence-electron chi connectivity index (χ2n) is 5.31. The van der Waals surface area contributed by atoms with Gasteiger partial charge in [-0.25, -0.2) is 0 Å². The van der Waals surface area contributed by atoms with Gasteiger partial charge < -0.3 is 10.2 Å². The predicted octanol–water partition coefficient (Wildman–Crippen LogP) is 3.69. The maximum Gasteiger partial charge on any atom is 0.0340 e. The number of rotatable bonds is 7. The van der Waals surface area contributed by atoms with E-state index in [-0.39, 0.29) is 0 Å². The van der Waals surface area contributed by atoms with Crippen molar-refractivity contribution in [3.8, 4) is 0 Å². The molecule has 0 bridgehead atoms. The van der Waals surface area contributed by atoms with Crippen molar-refractivity contribution in [1.29, 1.82) is 0 Å². The van der Waals surface area contributed by atoms with Crippen LogP contribution in [-0.4, -0.2) is 32.1 Å². The fourth-order valence-corrected chi connectivity index (χ4v) is 2.84. The van der Waals surface area contributed by atoms with Crippen LogP contribution in [0.25, 0.3) is 0 Å². The van der Waals surface area contributed by atoms with Gasteiger partial charge in [-0.05, 0) is 44.6 Å². The minimum absolute atomic E-state index is 0.412. The van der Waals surface area contributed by atoms with Gasteiger partial charge in [0.1, 0.15) is 0 Å². The van der Waals surface area contributed by atoms with E-state index in [4.69, 9.17) is 0 Å². The van der Waals surface area contributed by atoms with Crippen LogP contribution in [0.15, 0.2) is 28.7 Å².